The molecule has 0 unspecified atom stereocenters. The summed E-state index contributed by atoms with van der Waals surface area (Å²) < 4.78 is 5.22. The summed E-state index contributed by atoms with van der Waals surface area (Å²) in [6.45, 7) is 0. The molecule has 0 atom stereocenters. The number of carbonyl (C=O) groups excluding carboxylic acids is 2. The molecule has 0 aliphatic rings. The van der Waals surface area contributed by atoms with Gasteiger partial charge in [0.25, 0.3) is 5.91 Å². The first-order valence-corrected chi connectivity index (χ1v) is 8.77. The first-order chi connectivity index (χ1) is 12.9. The van der Waals surface area contributed by atoms with Crippen LogP contribution in [-0.2, 0) is 0 Å². The van der Waals surface area contributed by atoms with Gasteiger partial charge in [0.2, 0.25) is 0 Å². The molecule has 0 saturated heterocycles. The third-order valence-electron chi connectivity index (χ3n) is 3.45. The van der Waals surface area contributed by atoms with Crippen LogP contribution in [0.2, 0.25) is 15.2 Å². The highest BCUT2D eigenvalue weighted by molar-refractivity contribution is 6.35. The van der Waals surface area contributed by atoms with E-state index in [0.29, 0.717) is 16.3 Å². The van der Waals surface area contributed by atoms with Crippen molar-refractivity contribution in [3.63, 3.8) is 0 Å². The fourth-order valence-electron chi connectivity index (χ4n) is 2.17. The fourth-order valence-corrected chi connectivity index (χ4v) is 2.72. The van der Waals surface area contributed by atoms with Crippen molar-refractivity contribution in [1.29, 1.82) is 0 Å². The van der Waals surface area contributed by atoms with Crippen molar-refractivity contribution in [2.45, 2.75) is 0 Å². The zero-order chi connectivity index (χ0) is 19.4. The number of hydrogen-bond acceptors (Lipinski definition) is 4. The number of esters is 1. The smallest absolute Gasteiger partial charge is 0.363 e. The number of amides is 1. The Balaban J connectivity index is 1.68. The number of pyridine rings is 1. The van der Waals surface area contributed by atoms with Crippen LogP contribution in [0.1, 0.15) is 20.8 Å². The highest BCUT2D eigenvalue weighted by Gasteiger charge is 2.16. The second kappa shape index (κ2) is 8.39. The van der Waals surface area contributed by atoms with Gasteiger partial charge in [-0.3, -0.25) is 4.79 Å². The molecule has 1 aromatic heterocycles. The van der Waals surface area contributed by atoms with Crippen LogP contribution in [0.15, 0.2) is 60.7 Å². The number of aromatic nitrogens is 1. The number of hydrogen-bond donors (Lipinski definition) is 1. The Kier molecular flexibility index (Phi) is 5.96. The van der Waals surface area contributed by atoms with Gasteiger partial charge in [-0.15, -0.1) is 0 Å². The molecule has 27 heavy (non-hydrogen) atoms. The standard InChI is InChI=1S/C19H11Cl3N2O3/c20-14-4-2-1-3-13(14)18(25)23-11-5-7-12(8-6-11)27-19(26)17-15(21)9-10-16(22)24-17/h1-10H,(H,23,25). The van der Waals surface area contributed by atoms with Gasteiger partial charge in [0.15, 0.2) is 5.69 Å². The fraction of sp³-hybridized carbons (Fsp3) is 0. The van der Waals surface area contributed by atoms with Crippen molar-refractivity contribution < 1.29 is 14.3 Å². The van der Waals surface area contributed by atoms with Gasteiger partial charge < -0.3 is 10.1 Å². The molecule has 1 N–H and O–H groups in total. The van der Waals surface area contributed by atoms with Gasteiger partial charge in [-0.25, -0.2) is 9.78 Å². The lowest BCUT2D eigenvalue weighted by Crippen LogP contribution is -2.13. The zero-order valence-electron chi connectivity index (χ0n) is 13.6. The molecule has 1 amide bonds. The lowest BCUT2D eigenvalue weighted by Gasteiger charge is -2.08. The number of halogens is 3. The van der Waals surface area contributed by atoms with E-state index in [2.05, 4.69) is 10.3 Å². The Labute approximate surface area is 169 Å². The van der Waals surface area contributed by atoms with E-state index >= 15 is 0 Å². The van der Waals surface area contributed by atoms with Gasteiger partial charge in [0, 0.05) is 5.69 Å². The predicted octanol–water partition coefficient (Wildman–Crippen LogP) is 5.51. The van der Waals surface area contributed by atoms with Crippen LogP contribution in [0.3, 0.4) is 0 Å². The monoisotopic (exact) mass is 420 g/mol. The average Bonchev–Trinajstić information content (AvgIpc) is 2.65. The van der Waals surface area contributed by atoms with E-state index < -0.39 is 5.97 Å². The van der Waals surface area contributed by atoms with Gasteiger partial charge >= 0.3 is 5.97 Å². The van der Waals surface area contributed by atoms with Crippen LogP contribution in [-0.4, -0.2) is 16.9 Å². The van der Waals surface area contributed by atoms with Gasteiger partial charge in [-0.2, -0.15) is 0 Å². The van der Waals surface area contributed by atoms with Gasteiger partial charge in [0.1, 0.15) is 10.9 Å². The summed E-state index contributed by atoms with van der Waals surface area (Å²) in [4.78, 5) is 28.3. The van der Waals surface area contributed by atoms with Gasteiger partial charge in [-0.1, -0.05) is 46.9 Å². The quantitative estimate of drug-likeness (QED) is 0.342. The van der Waals surface area contributed by atoms with E-state index in [0.717, 1.165) is 0 Å². The van der Waals surface area contributed by atoms with Crippen LogP contribution in [0.5, 0.6) is 5.75 Å². The van der Waals surface area contributed by atoms with Crippen LogP contribution in [0.4, 0.5) is 5.69 Å². The molecule has 0 aliphatic carbocycles. The minimum Gasteiger partial charge on any atom is -0.422 e. The van der Waals surface area contributed by atoms with Crippen LogP contribution in [0.25, 0.3) is 0 Å². The Morgan fingerprint density at radius 2 is 1.56 bits per heavy atom. The molecule has 0 bridgehead atoms. The minimum atomic E-state index is -0.740. The third-order valence-corrected chi connectivity index (χ3v) is 4.29. The zero-order valence-corrected chi connectivity index (χ0v) is 15.8. The summed E-state index contributed by atoms with van der Waals surface area (Å²) >= 11 is 17.7. The molecular formula is C19H11Cl3N2O3. The number of ether oxygens (including phenoxy) is 1. The lowest BCUT2D eigenvalue weighted by molar-refractivity contribution is 0.0728. The van der Waals surface area contributed by atoms with E-state index in [-0.39, 0.29) is 27.5 Å². The largest absolute Gasteiger partial charge is 0.422 e. The molecule has 0 saturated carbocycles. The Morgan fingerprint density at radius 1 is 0.852 bits per heavy atom. The molecule has 8 heteroatoms. The maximum absolute atomic E-state index is 12.2. The minimum absolute atomic E-state index is 0.0831. The molecule has 136 valence electrons. The number of carbonyl (C=O) groups is 2. The number of nitrogens with zero attached hydrogens (tertiary/aromatic N) is 1. The highest BCUT2D eigenvalue weighted by atomic mass is 35.5. The molecule has 3 rings (SSSR count). The molecule has 5 nitrogen and oxygen atoms in total. The Hall–Kier alpha value is -2.60. The average molecular weight is 422 g/mol. The van der Waals surface area contributed by atoms with E-state index in [1.54, 1.807) is 36.4 Å². The molecular weight excluding hydrogens is 411 g/mol. The van der Waals surface area contributed by atoms with Crippen molar-refractivity contribution in [2.75, 3.05) is 5.32 Å². The maximum atomic E-state index is 12.2. The second-order valence-electron chi connectivity index (χ2n) is 5.31. The summed E-state index contributed by atoms with van der Waals surface area (Å²) in [7, 11) is 0. The van der Waals surface area contributed by atoms with Crippen molar-refractivity contribution >= 4 is 52.4 Å². The Morgan fingerprint density at radius 3 is 2.26 bits per heavy atom. The summed E-state index contributed by atoms with van der Waals surface area (Å²) in [6, 6.07) is 15.9. The van der Waals surface area contributed by atoms with Crippen LogP contribution >= 0.6 is 34.8 Å². The molecule has 2 aromatic carbocycles. The van der Waals surface area contributed by atoms with Crippen molar-refractivity contribution in [3.8, 4) is 5.75 Å². The first kappa shape index (κ1) is 19.2. The SMILES string of the molecule is O=C(Nc1ccc(OC(=O)c2nc(Cl)ccc2Cl)cc1)c1ccccc1Cl. The van der Waals surface area contributed by atoms with Crippen molar-refractivity contribution in [3.05, 3.63) is 87.1 Å². The summed E-state index contributed by atoms with van der Waals surface area (Å²) in [5, 5.41) is 3.33. The molecule has 0 spiro atoms. The van der Waals surface area contributed by atoms with Crippen LogP contribution in [0, 0.1) is 0 Å². The highest BCUT2D eigenvalue weighted by Crippen LogP contribution is 2.22. The van der Waals surface area contributed by atoms with Crippen molar-refractivity contribution in [1.82, 2.24) is 4.98 Å². The molecule has 0 radical (unpaired) electrons. The maximum Gasteiger partial charge on any atom is 0.363 e. The predicted molar refractivity (Wildman–Crippen MR) is 105 cm³/mol. The van der Waals surface area contributed by atoms with Crippen molar-refractivity contribution in [2.24, 2.45) is 0 Å². The van der Waals surface area contributed by atoms with E-state index in [1.165, 1.54) is 24.3 Å². The molecule has 3 aromatic rings. The lowest BCUT2D eigenvalue weighted by atomic mass is 10.2. The molecule has 0 fully saturated rings. The van der Waals surface area contributed by atoms with Gasteiger partial charge in [0.05, 0.1) is 15.6 Å². The normalized spacial score (nSPS) is 10.3. The number of benzene rings is 2. The van der Waals surface area contributed by atoms with E-state index in [1.807, 2.05) is 0 Å². The second-order valence-corrected chi connectivity index (χ2v) is 6.51. The summed E-state index contributed by atoms with van der Waals surface area (Å²) in [5.74, 6) is -0.829. The van der Waals surface area contributed by atoms with E-state index in [4.69, 9.17) is 39.5 Å². The topological polar surface area (TPSA) is 68.3 Å². The van der Waals surface area contributed by atoms with Gasteiger partial charge in [-0.05, 0) is 48.5 Å². The summed E-state index contributed by atoms with van der Waals surface area (Å²) in [5.41, 5.74) is 0.787. The van der Waals surface area contributed by atoms with Crippen LogP contribution < -0.4 is 10.1 Å². The number of nitrogens with one attached hydrogen (secondary N) is 1. The third kappa shape index (κ3) is 4.77. The molecule has 1 heterocycles. The number of rotatable bonds is 4. The van der Waals surface area contributed by atoms with E-state index in [9.17, 15) is 9.59 Å². The number of anilines is 1. The molecule has 0 aliphatic heterocycles. The summed E-state index contributed by atoms with van der Waals surface area (Å²) in [6.07, 6.45) is 0. The first-order valence-electron chi connectivity index (χ1n) is 7.64. The Bertz CT molecular complexity index is 1010.